The van der Waals surface area contributed by atoms with Gasteiger partial charge in [0.1, 0.15) is 11.6 Å². The molecule has 0 spiro atoms. The summed E-state index contributed by atoms with van der Waals surface area (Å²) >= 11 is 0. The molecule has 1 amide bonds. The molecule has 3 aromatic rings. The third kappa shape index (κ3) is 3.96. The highest BCUT2D eigenvalue weighted by molar-refractivity contribution is 6.09. The summed E-state index contributed by atoms with van der Waals surface area (Å²) in [5, 5.41) is 16.8. The summed E-state index contributed by atoms with van der Waals surface area (Å²) in [5.74, 6) is -0.437. The van der Waals surface area contributed by atoms with Crippen molar-refractivity contribution in [2.45, 2.75) is 20.8 Å². The van der Waals surface area contributed by atoms with E-state index in [4.69, 9.17) is 0 Å². The SMILES string of the molecule is Cc1ccc(NC(=O)/C(C#N)=C/c2c(C)nn(-c3ccccc3)c2C)cc1. The first-order valence-corrected chi connectivity index (χ1v) is 8.61. The molecular formula is C22H20N4O. The molecule has 0 aliphatic rings. The van der Waals surface area contributed by atoms with Crippen LogP contribution in [-0.2, 0) is 4.79 Å². The van der Waals surface area contributed by atoms with E-state index >= 15 is 0 Å². The van der Waals surface area contributed by atoms with E-state index < -0.39 is 5.91 Å². The number of nitrogens with zero attached hydrogens (tertiary/aromatic N) is 3. The average Bonchev–Trinajstić information content (AvgIpc) is 2.96. The number of nitrogens with one attached hydrogen (secondary N) is 1. The molecule has 0 aliphatic carbocycles. The van der Waals surface area contributed by atoms with Crippen molar-refractivity contribution in [3.8, 4) is 11.8 Å². The van der Waals surface area contributed by atoms with Crippen LogP contribution in [0.2, 0.25) is 0 Å². The Morgan fingerprint density at radius 1 is 1.07 bits per heavy atom. The van der Waals surface area contributed by atoms with Crippen molar-refractivity contribution in [3.63, 3.8) is 0 Å². The molecule has 1 N–H and O–H groups in total. The minimum absolute atomic E-state index is 0.0365. The molecular weight excluding hydrogens is 336 g/mol. The number of aryl methyl sites for hydroxylation is 2. The van der Waals surface area contributed by atoms with Crippen molar-refractivity contribution in [3.05, 3.63) is 82.7 Å². The van der Waals surface area contributed by atoms with Crippen molar-refractivity contribution in [2.24, 2.45) is 0 Å². The maximum absolute atomic E-state index is 12.5. The van der Waals surface area contributed by atoms with E-state index in [1.54, 1.807) is 6.08 Å². The van der Waals surface area contributed by atoms with Crippen LogP contribution in [0.25, 0.3) is 11.8 Å². The van der Waals surface area contributed by atoms with Crippen molar-refractivity contribution in [2.75, 3.05) is 5.32 Å². The van der Waals surface area contributed by atoms with Gasteiger partial charge in [0.05, 0.1) is 11.4 Å². The lowest BCUT2D eigenvalue weighted by Crippen LogP contribution is -2.13. The summed E-state index contributed by atoms with van der Waals surface area (Å²) < 4.78 is 1.81. The van der Waals surface area contributed by atoms with Crippen LogP contribution in [0.4, 0.5) is 5.69 Å². The third-order valence-electron chi connectivity index (χ3n) is 4.31. The molecule has 0 atom stereocenters. The molecule has 0 aliphatic heterocycles. The lowest BCUT2D eigenvalue weighted by Gasteiger charge is -2.05. The van der Waals surface area contributed by atoms with Gasteiger partial charge in [-0.3, -0.25) is 4.79 Å². The van der Waals surface area contributed by atoms with E-state index in [1.165, 1.54) is 0 Å². The molecule has 0 bridgehead atoms. The van der Waals surface area contributed by atoms with E-state index in [0.717, 1.165) is 28.2 Å². The predicted octanol–water partition coefficient (Wildman–Crippen LogP) is 4.34. The maximum Gasteiger partial charge on any atom is 0.266 e. The van der Waals surface area contributed by atoms with Gasteiger partial charge in [-0.05, 0) is 51.1 Å². The van der Waals surface area contributed by atoms with Gasteiger partial charge in [-0.2, -0.15) is 10.4 Å². The standard InChI is InChI=1S/C22H20N4O/c1-15-9-11-19(12-10-15)24-22(27)18(14-23)13-21-16(2)25-26(17(21)3)20-7-5-4-6-8-20/h4-13H,1-3H3,(H,24,27)/b18-13+. The van der Waals surface area contributed by atoms with Gasteiger partial charge in [0.25, 0.3) is 5.91 Å². The van der Waals surface area contributed by atoms with Gasteiger partial charge >= 0.3 is 0 Å². The van der Waals surface area contributed by atoms with Gasteiger partial charge < -0.3 is 5.32 Å². The van der Waals surface area contributed by atoms with E-state index in [-0.39, 0.29) is 5.57 Å². The molecule has 2 aromatic carbocycles. The Bertz CT molecular complexity index is 1040. The molecule has 134 valence electrons. The van der Waals surface area contributed by atoms with Crippen LogP contribution in [0, 0.1) is 32.1 Å². The zero-order chi connectivity index (χ0) is 19.4. The van der Waals surface area contributed by atoms with Crippen LogP contribution in [0.1, 0.15) is 22.5 Å². The van der Waals surface area contributed by atoms with E-state index in [9.17, 15) is 10.1 Å². The highest BCUT2D eigenvalue weighted by Gasteiger charge is 2.15. The Labute approximate surface area is 158 Å². The van der Waals surface area contributed by atoms with Gasteiger partial charge in [-0.25, -0.2) is 4.68 Å². The smallest absolute Gasteiger partial charge is 0.266 e. The van der Waals surface area contributed by atoms with Gasteiger partial charge in [-0.15, -0.1) is 0 Å². The number of anilines is 1. The Morgan fingerprint density at radius 2 is 1.74 bits per heavy atom. The summed E-state index contributed by atoms with van der Waals surface area (Å²) in [5.41, 5.74) is 5.12. The molecule has 5 nitrogen and oxygen atoms in total. The first kappa shape index (κ1) is 18.2. The Balaban J connectivity index is 1.92. The number of para-hydroxylation sites is 1. The highest BCUT2D eigenvalue weighted by Crippen LogP contribution is 2.21. The van der Waals surface area contributed by atoms with Crippen LogP contribution in [0.3, 0.4) is 0 Å². The lowest BCUT2D eigenvalue weighted by atomic mass is 10.1. The minimum atomic E-state index is -0.437. The molecule has 1 aromatic heterocycles. The Kier molecular flexibility index (Phi) is 5.18. The van der Waals surface area contributed by atoms with Crippen LogP contribution < -0.4 is 5.32 Å². The number of rotatable bonds is 4. The third-order valence-corrected chi connectivity index (χ3v) is 4.31. The first-order chi connectivity index (χ1) is 13.0. The summed E-state index contributed by atoms with van der Waals surface area (Å²) in [7, 11) is 0. The zero-order valence-electron chi connectivity index (χ0n) is 15.5. The summed E-state index contributed by atoms with van der Waals surface area (Å²) in [6, 6.07) is 19.2. The first-order valence-electron chi connectivity index (χ1n) is 8.61. The fraction of sp³-hybridized carbons (Fsp3) is 0.136. The second kappa shape index (κ2) is 7.71. The van der Waals surface area contributed by atoms with Gasteiger partial charge in [0.15, 0.2) is 0 Å². The highest BCUT2D eigenvalue weighted by atomic mass is 16.1. The molecule has 0 saturated heterocycles. The maximum atomic E-state index is 12.5. The van der Waals surface area contributed by atoms with Crippen molar-refractivity contribution >= 4 is 17.7 Å². The number of amides is 1. The Hall–Kier alpha value is -3.65. The van der Waals surface area contributed by atoms with E-state index in [2.05, 4.69) is 10.4 Å². The fourth-order valence-electron chi connectivity index (χ4n) is 2.81. The molecule has 1 heterocycles. The number of hydrogen-bond donors (Lipinski definition) is 1. The van der Waals surface area contributed by atoms with Gasteiger partial charge in [0, 0.05) is 16.9 Å². The molecule has 3 rings (SSSR count). The number of carbonyl (C=O) groups is 1. The van der Waals surface area contributed by atoms with Crippen molar-refractivity contribution < 1.29 is 4.79 Å². The molecule has 0 unspecified atom stereocenters. The summed E-state index contributed by atoms with van der Waals surface area (Å²) in [6.07, 6.45) is 1.60. The van der Waals surface area contributed by atoms with Crippen LogP contribution in [0.5, 0.6) is 0 Å². The second-order valence-electron chi connectivity index (χ2n) is 6.32. The molecule has 0 fully saturated rings. The zero-order valence-corrected chi connectivity index (χ0v) is 15.5. The summed E-state index contributed by atoms with van der Waals surface area (Å²) in [4.78, 5) is 12.5. The molecule has 5 heteroatoms. The average molecular weight is 356 g/mol. The fourth-order valence-corrected chi connectivity index (χ4v) is 2.81. The monoisotopic (exact) mass is 356 g/mol. The summed E-state index contributed by atoms with van der Waals surface area (Å²) in [6.45, 7) is 5.76. The quantitative estimate of drug-likeness (QED) is 0.558. The number of benzene rings is 2. The van der Waals surface area contributed by atoms with Crippen LogP contribution in [-0.4, -0.2) is 15.7 Å². The van der Waals surface area contributed by atoms with E-state index in [1.807, 2.05) is 86.1 Å². The number of hydrogen-bond acceptors (Lipinski definition) is 3. The van der Waals surface area contributed by atoms with Crippen molar-refractivity contribution in [1.29, 1.82) is 5.26 Å². The normalized spacial score (nSPS) is 11.1. The number of nitriles is 1. The van der Waals surface area contributed by atoms with Crippen LogP contribution in [0.15, 0.2) is 60.2 Å². The van der Waals surface area contributed by atoms with Crippen LogP contribution >= 0.6 is 0 Å². The predicted molar refractivity (Wildman–Crippen MR) is 106 cm³/mol. The largest absolute Gasteiger partial charge is 0.321 e. The van der Waals surface area contributed by atoms with Gasteiger partial charge in [-0.1, -0.05) is 35.9 Å². The molecule has 0 radical (unpaired) electrons. The molecule has 27 heavy (non-hydrogen) atoms. The Morgan fingerprint density at radius 3 is 2.37 bits per heavy atom. The van der Waals surface area contributed by atoms with Gasteiger partial charge in [0.2, 0.25) is 0 Å². The number of carbonyl (C=O) groups excluding carboxylic acids is 1. The van der Waals surface area contributed by atoms with Crippen molar-refractivity contribution in [1.82, 2.24) is 9.78 Å². The molecule has 0 saturated carbocycles. The minimum Gasteiger partial charge on any atom is -0.321 e. The topological polar surface area (TPSA) is 70.7 Å². The second-order valence-corrected chi connectivity index (χ2v) is 6.32. The number of aromatic nitrogens is 2. The lowest BCUT2D eigenvalue weighted by molar-refractivity contribution is -0.112. The van der Waals surface area contributed by atoms with E-state index in [0.29, 0.717) is 5.69 Å².